The number of hydrogen-bond donors (Lipinski definition) is 1. The lowest BCUT2D eigenvalue weighted by Crippen LogP contribution is -2.33. The Morgan fingerprint density at radius 3 is 2.75 bits per heavy atom. The van der Waals surface area contributed by atoms with Gasteiger partial charge in [0.15, 0.2) is 0 Å². The highest BCUT2D eigenvalue weighted by molar-refractivity contribution is 9.11. The Bertz CT molecular complexity index is 669. The standard InChI is InChI=1S/C16H13Br2NO/c17-12-5-6-14(15(18)8-12)16(20)19-9-11-7-10-3-1-2-4-13(10)11/h1-6,8,11H,7,9H2,(H,19,20). The molecule has 1 N–H and O–H groups in total. The van der Waals surface area contributed by atoms with E-state index < -0.39 is 0 Å². The zero-order valence-electron chi connectivity index (χ0n) is 10.7. The minimum atomic E-state index is -0.0336. The third-order valence-electron chi connectivity index (χ3n) is 3.65. The highest BCUT2D eigenvalue weighted by atomic mass is 79.9. The molecule has 3 rings (SSSR count). The van der Waals surface area contributed by atoms with Crippen LogP contribution in [-0.4, -0.2) is 12.5 Å². The molecule has 1 amide bonds. The molecule has 102 valence electrons. The summed E-state index contributed by atoms with van der Waals surface area (Å²) in [4.78, 5) is 12.2. The van der Waals surface area contributed by atoms with Crippen molar-refractivity contribution in [3.8, 4) is 0 Å². The number of fused-ring (bicyclic) bond motifs is 1. The number of carbonyl (C=O) groups excluding carboxylic acids is 1. The topological polar surface area (TPSA) is 29.1 Å². The van der Waals surface area contributed by atoms with Crippen LogP contribution in [0.2, 0.25) is 0 Å². The number of carbonyl (C=O) groups is 1. The van der Waals surface area contributed by atoms with Gasteiger partial charge < -0.3 is 5.32 Å². The average molecular weight is 395 g/mol. The number of hydrogen-bond acceptors (Lipinski definition) is 1. The van der Waals surface area contributed by atoms with E-state index in [-0.39, 0.29) is 5.91 Å². The van der Waals surface area contributed by atoms with E-state index in [4.69, 9.17) is 0 Å². The SMILES string of the molecule is O=C(NCC1Cc2ccccc21)c1ccc(Br)cc1Br. The molecule has 0 saturated carbocycles. The Morgan fingerprint density at radius 2 is 2.00 bits per heavy atom. The Kier molecular flexibility index (Phi) is 3.94. The van der Waals surface area contributed by atoms with Crippen molar-refractivity contribution in [3.63, 3.8) is 0 Å². The summed E-state index contributed by atoms with van der Waals surface area (Å²) in [5.41, 5.74) is 3.43. The summed E-state index contributed by atoms with van der Waals surface area (Å²) in [5, 5.41) is 3.02. The molecule has 2 aromatic carbocycles. The summed E-state index contributed by atoms with van der Waals surface area (Å²) in [5.74, 6) is 0.415. The molecule has 4 heteroatoms. The smallest absolute Gasteiger partial charge is 0.252 e. The number of halogens is 2. The zero-order valence-corrected chi connectivity index (χ0v) is 13.9. The van der Waals surface area contributed by atoms with Gasteiger partial charge in [0.2, 0.25) is 0 Å². The molecule has 0 heterocycles. The van der Waals surface area contributed by atoms with Gasteiger partial charge in [-0.25, -0.2) is 0 Å². The maximum absolute atomic E-state index is 12.2. The van der Waals surface area contributed by atoms with Crippen LogP contribution in [-0.2, 0) is 6.42 Å². The molecule has 0 spiro atoms. The van der Waals surface area contributed by atoms with Crippen molar-refractivity contribution in [1.82, 2.24) is 5.32 Å². The Hall–Kier alpha value is -1.13. The molecule has 1 aliphatic rings. The van der Waals surface area contributed by atoms with Crippen LogP contribution in [0.5, 0.6) is 0 Å². The summed E-state index contributed by atoms with van der Waals surface area (Å²) in [7, 11) is 0. The molecule has 0 saturated heterocycles. The van der Waals surface area contributed by atoms with Crippen molar-refractivity contribution in [1.29, 1.82) is 0 Å². The van der Waals surface area contributed by atoms with Crippen molar-refractivity contribution in [2.45, 2.75) is 12.3 Å². The quantitative estimate of drug-likeness (QED) is 0.826. The average Bonchev–Trinajstić information content (AvgIpc) is 2.39. The molecule has 20 heavy (non-hydrogen) atoms. The van der Waals surface area contributed by atoms with Crippen LogP contribution < -0.4 is 5.32 Å². The molecule has 0 bridgehead atoms. The van der Waals surface area contributed by atoms with Gasteiger partial charge in [-0.15, -0.1) is 0 Å². The van der Waals surface area contributed by atoms with E-state index in [9.17, 15) is 4.79 Å². The predicted octanol–water partition coefficient (Wildman–Crippen LogP) is 4.28. The van der Waals surface area contributed by atoms with E-state index in [1.165, 1.54) is 11.1 Å². The first-order valence-electron chi connectivity index (χ1n) is 6.46. The lowest BCUT2D eigenvalue weighted by molar-refractivity contribution is 0.0949. The minimum Gasteiger partial charge on any atom is -0.351 e. The van der Waals surface area contributed by atoms with E-state index in [2.05, 4.69) is 61.4 Å². The van der Waals surface area contributed by atoms with Crippen molar-refractivity contribution < 1.29 is 4.79 Å². The Balaban J connectivity index is 1.64. The molecule has 1 atom stereocenters. The van der Waals surface area contributed by atoms with Crippen LogP contribution >= 0.6 is 31.9 Å². The van der Waals surface area contributed by atoms with Crippen molar-refractivity contribution in [2.75, 3.05) is 6.54 Å². The molecule has 1 aliphatic carbocycles. The largest absolute Gasteiger partial charge is 0.351 e. The third kappa shape index (κ3) is 2.67. The van der Waals surface area contributed by atoms with Gasteiger partial charge in [0.05, 0.1) is 5.56 Å². The van der Waals surface area contributed by atoms with E-state index in [0.29, 0.717) is 18.0 Å². The Labute approximate surface area is 134 Å². The first kappa shape index (κ1) is 13.8. The van der Waals surface area contributed by atoms with Gasteiger partial charge >= 0.3 is 0 Å². The molecule has 0 fully saturated rings. The molecule has 0 aromatic heterocycles. The van der Waals surface area contributed by atoms with Gasteiger partial charge in [-0.1, -0.05) is 40.2 Å². The fourth-order valence-electron chi connectivity index (χ4n) is 2.53. The number of benzene rings is 2. The van der Waals surface area contributed by atoms with Crippen molar-refractivity contribution >= 4 is 37.8 Å². The summed E-state index contributed by atoms with van der Waals surface area (Å²) < 4.78 is 1.76. The van der Waals surface area contributed by atoms with Crippen molar-refractivity contribution in [2.24, 2.45) is 0 Å². The third-order valence-corrected chi connectivity index (χ3v) is 4.80. The van der Waals surface area contributed by atoms with E-state index >= 15 is 0 Å². The first-order chi connectivity index (χ1) is 9.65. The summed E-state index contributed by atoms with van der Waals surface area (Å²) in [6.07, 6.45) is 1.05. The van der Waals surface area contributed by atoms with Gasteiger partial charge in [-0.3, -0.25) is 4.79 Å². The number of nitrogens with one attached hydrogen (secondary N) is 1. The fraction of sp³-hybridized carbons (Fsp3) is 0.188. The first-order valence-corrected chi connectivity index (χ1v) is 8.05. The van der Waals surface area contributed by atoms with E-state index in [0.717, 1.165) is 15.4 Å². The van der Waals surface area contributed by atoms with Crippen LogP contribution in [0.15, 0.2) is 51.4 Å². The molecular formula is C16H13Br2NO. The molecule has 1 unspecified atom stereocenters. The summed E-state index contributed by atoms with van der Waals surface area (Å²) in [6, 6.07) is 14.0. The molecule has 0 aliphatic heterocycles. The van der Waals surface area contributed by atoms with Crippen LogP contribution in [0.25, 0.3) is 0 Å². The fourth-order valence-corrected chi connectivity index (χ4v) is 3.76. The molecule has 2 nitrogen and oxygen atoms in total. The molecular weight excluding hydrogens is 382 g/mol. The van der Waals surface area contributed by atoms with Gasteiger partial charge in [-0.05, 0) is 51.7 Å². The minimum absolute atomic E-state index is 0.0336. The highest BCUT2D eigenvalue weighted by Crippen LogP contribution is 2.34. The lowest BCUT2D eigenvalue weighted by Gasteiger charge is -2.30. The second-order valence-corrected chi connectivity index (χ2v) is 6.70. The van der Waals surface area contributed by atoms with Gasteiger partial charge in [0, 0.05) is 21.4 Å². The van der Waals surface area contributed by atoms with Crippen molar-refractivity contribution in [3.05, 3.63) is 68.1 Å². The van der Waals surface area contributed by atoms with E-state index in [1.807, 2.05) is 18.2 Å². The second kappa shape index (κ2) is 5.70. The second-order valence-electron chi connectivity index (χ2n) is 4.93. The van der Waals surface area contributed by atoms with Crippen LogP contribution in [0.3, 0.4) is 0 Å². The summed E-state index contributed by atoms with van der Waals surface area (Å²) in [6.45, 7) is 0.693. The highest BCUT2D eigenvalue weighted by Gasteiger charge is 2.25. The molecule has 0 radical (unpaired) electrons. The van der Waals surface area contributed by atoms with Gasteiger partial charge in [-0.2, -0.15) is 0 Å². The van der Waals surface area contributed by atoms with Gasteiger partial charge in [0.25, 0.3) is 5.91 Å². The maximum atomic E-state index is 12.2. The van der Waals surface area contributed by atoms with Gasteiger partial charge in [0.1, 0.15) is 0 Å². The Morgan fingerprint density at radius 1 is 1.20 bits per heavy atom. The summed E-state index contributed by atoms with van der Waals surface area (Å²) >= 11 is 6.80. The lowest BCUT2D eigenvalue weighted by atomic mass is 9.77. The normalized spacial score (nSPS) is 16.2. The van der Waals surface area contributed by atoms with Crippen LogP contribution in [0.1, 0.15) is 27.4 Å². The maximum Gasteiger partial charge on any atom is 0.252 e. The number of rotatable bonds is 3. The zero-order chi connectivity index (χ0) is 14.1. The predicted molar refractivity (Wildman–Crippen MR) is 87.1 cm³/mol. The number of amides is 1. The van der Waals surface area contributed by atoms with E-state index in [1.54, 1.807) is 0 Å². The molecule has 2 aromatic rings. The monoisotopic (exact) mass is 393 g/mol. The van der Waals surface area contributed by atoms with Crippen LogP contribution in [0, 0.1) is 0 Å². The van der Waals surface area contributed by atoms with Crippen LogP contribution in [0.4, 0.5) is 0 Å².